The van der Waals surface area contributed by atoms with E-state index in [0.717, 1.165) is 0 Å². The fourth-order valence-corrected chi connectivity index (χ4v) is 2.73. The lowest BCUT2D eigenvalue weighted by atomic mass is 9.98. The van der Waals surface area contributed by atoms with Crippen LogP contribution >= 0.6 is 11.6 Å². The van der Waals surface area contributed by atoms with Gasteiger partial charge < -0.3 is 24.4 Å². The summed E-state index contributed by atoms with van der Waals surface area (Å²) in [7, 11) is 4.30. The van der Waals surface area contributed by atoms with Crippen LogP contribution in [0.15, 0.2) is 30.3 Å². The summed E-state index contributed by atoms with van der Waals surface area (Å²) in [6, 6.07) is 7.92. The van der Waals surface area contributed by atoms with Crippen LogP contribution in [0.3, 0.4) is 0 Å². The van der Waals surface area contributed by atoms with E-state index in [1.54, 1.807) is 18.2 Å². The molecule has 134 valence electrons. The quantitative estimate of drug-likeness (QED) is 0.722. The first-order valence-corrected chi connectivity index (χ1v) is 7.57. The number of carbonyl (C=O) groups is 1. The number of ether oxygens (including phenoxy) is 3. The van der Waals surface area contributed by atoms with Gasteiger partial charge in [0.2, 0.25) is 0 Å². The molecule has 0 heterocycles. The number of benzene rings is 2. The summed E-state index contributed by atoms with van der Waals surface area (Å²) in [6.45, 7) is 0. The molecule has 1 atom stereocenters. The first kappa shape index (κ1) is 18.7. The van der Waals surface area contributed by atoms with Crippen LogP contribution in [0.5, 0.6) is 17.2 Å². The Kier molecular flexibility index (Phi) is 5.95. The molecule has 2 aromatic carbocycles. The molecule has 0 spiro atoms. The van der Waals surface area contributed by atoms with Crippen LogP contribution in [0.25, 0.3) is 0 Å². The predicted molar refractivity (Wildman–Crippen MR) is 93.3 cm³/mol. The Bertz CT molecular complexity index is 780. The highest BCUT2D eigenvalue weighted by Crippen LogP contribution is 2.42. The van der Waals surface area contributed by atoms with E-state index in [-0.39, 0.29) is 22.0 Å². The molecule has 1 amide bonds. The Labute approximate surface area is 149 Å². The third-order valence-corrected chi connectivity index (χ3v) is 3.79. The summed E-state index contributed by atoms with van der Waals surface area (Å²) < 4.78 is 15.7. The molecule has 0 radical (unpaired) electrons. The van der Waals surface area contributed by atoms with Gasteiger partial charge >= 0.3 is 6.09 Å². The molecule has 0 saturated heterocycles. The van der Waals surface area contributed by atoms with Crippen molar-refractivity contribution in [3.05, 3.63) is 46.5 Å². The molecule has 2 rings (SSSR count). The van der Waals surface area contributed by atoms with Gasteiger partial charge in [0, 0.05) is 22.2 Å². The first-order valence-electron chi connectivity index (χ1n) is 7.19. The molecule has 3 N–H and O–H groups in total. The van der Waals surface area contributed by atoms with Gasteiger partial charge in [-0.15, -0.1) is 0 Å². The first-order chi connectivity index (χ1) is 11.9. The van der Waals surface area contributed by atoms with Gasteiger partial charge in [0.1, 0.15) is 11.9 Å². The zero-order valence-electron chi connectivity index (χ0n) is 13.9. The van der Waals surface area contributed by atoms with Crippen molar-refractivity contribution in [3.63, 3.8) is 0 Å². The van der Waals surface area contributed by atoms with Crippen LogP contribution < -0.4 is 19.5 Å². The van der Waals surface area contributed by atoms with Gasteiger partial charge in [0.15, 0.2) is 11.5 Å². The Morgan fingerprint density at radius 3 is 2.32 bits per heavy atom. The number of nitrogens with one attached hydrogen (secondary N) is 1. The molecule has 7 nitrogen and oxygen atoms in total. The van der Waals surface area contributed by atoms with Gasteiger partial charge in [-0.3, -0.25) is 5.32 Å². The summed E-state index contributed by atoms with van der Waals surface area (Å²) in [6.07, 6.45) is -2.54. The van der Waals surface area contributed by atoms with Crippen LogP contribution in [0, 0.1) is 0 Å². The van der Waals surface area contributed by atoms with E-state index in [1.807, 2.05) is 0 Å². The van der Waals surface area contributed by atoms with E-state index < -0.39 is 12.2 Å². The van der Waals surface area contributed by atoms with Crippen molar-refractivity contribution < 1.29 is 29.2 Å². The maximum atomic E-state index is 11.1. The second kappa shape index (κ2) is 7.96. The van der Waals surface area contributed by atoms with E-state index in [1.165, 1.54) is 33.5 Å². The predicted octanol–water partition coefficient (Wildman–Crippen LogP) is 3.54. The van der Waals surface area contributed by atoms with Gasteiger partial charge in [0.25, 0.3) is 0 Å². The van der Waals surface area contributed by atoms with Crippen molar-refractivity contribution in [3.8, 4) is 17.2 Å². The van der Waals surface area contributed by atoms with Crippen LogP contribution in [0.1, 0.15) is 17.2 Å². The molecular formula is C17H18ClNO6. The van der Waals surface area contributed by atoms with E-state index in [2.05, 4.69) is 5.32 Å². The minimum atomic E-state index is -1.30. The number of hydrogen-bond acceptors (Lipinski definition) is 5. The number of carboxylic acid groups (broad SMARTS) is 1. The number of halogens is 1. The fraction of sp³-hybridized carbons (Fsp3) is 0.235. The molecule has 2 aromatic rings. The van der Waals surface area contributed by atoms with Gasteiger partial charge in [-0.1, -0.05) is 23.7 Å². The van der Waals surface area contributed by atoms with E-state index in [0.29, 0.717) is 17.1 Å². The van der Waals surface area contributed by atoms with Gasteiger partial charge in [-0.25, -0.2) is 4.79 Å². The van der Waals surface area contributed by atoms with E-state index in [4.69, 9.17) is 30.9 Å². The zero-order chi connectivity index (χ0) is 18.6. The topological polar surface area (TPSA) is 97.3 Å². The van der Waals surface area contributed by atoms with Crippen molar-refractivity contribution in [1.29, 1.82) is 0 Å². The molecule has 0 saturated carbocycles. The van der Waals surface area contributed by atoms with Gasteiger partial charge in [-0.05, 0) is 12.1 Å². The SMILES string of the molecule is COc1cc(Cl)cc(C(O)c2cccc(OC)c2OC)c1NC(=O)O. The van der Waals surface area contributed by atoms with Crippen LogP contribution in [-0.2, 0) is 0 Å². The number of aliphatic hydroxyl groups excluding tert-OH is 1. The monoisotopic (exact) mass is 367 g/mol. The molecule has 0 aliphatic carbocycles. The summed E-state index contributed by atoms with van der Waals surface area (Å²) in [5.41, 5.74) is 0.703. The maximum Gasteiger partial charge on any atom is 0.409 e. The van der Waals surface area contributed by atoms with E-state index >= 15 is 0 Å². The summed E-state index contributed by atoms with van der Waals surface area (Å²) >= 11 is 6.08. The normalized spacial score (nSPS) is 11.6. The van der Waals surface area contributed by atoms with Crippen molar-refractivity contribution >= 4 is 23.4 Å². The molecule has 0 bridgehead atoms. The number of aliphatic hydroxyl groups is 1. The molecule has 0 aliphatic rings. The van der Waals surface area contributed by atoms with Crippen molar-refractivity contribution in [1.82, 2.24) is 0 Å². The van der Waals surface area contributed by atoms with Crippen LogP contribution in [0.4, 0.5) is 10.5 Å². The van der Waals surface area contributed by atoms with Crippen molar-refractivity contribution in [2.24, 2.45) is 0 Å². The number of para-hydroxylation sites is 1. The molecule has 1 unspecified atom stereocenters. The second-order valence-electron chi connectivity index (χ2n) is 4.99. The smallest absolute Gasteiger partial charge is 0.409 e. The van der Waals surface area contributed by atoms with Gasteiger partial charge in [0.05, 0.1) is 27.0 Å². The molecule has 8 heteroatoms. The molecule has 0 aliphatic heterocycles. The lowest BCUT2D eigenvalue weighted by Gasteiger charge is -2.21. The van der Waals surface area contributed by atoms with Crippen molar-refractivity contribution in [2.75, 3.05) is 26.6 Å². The Morgan fingerprint density at radius 1 is 1.08 bits per heavy atom. The van der Waals surface area contributed by atoms with Gasteiger partial charge in [-0.2, -0.15) is 0 Å². The highest BCUT2D eigenvalue weighted by Gasteiger charge is 2.24. The largest absolute Gasteiger partial charge is 0.495 e. The minimum absolute atomic E-state index is 0.0942. The Hall–Kier alpha value is -2.64. The maximum absolute atomic E-state index is 11.1. The van der Waals surface area contributed by atoms with E-state index in [9.17, 15) is 9.90 Å². The zero-order valence-corrected chi connectivity index (χ0v) is 14.6. The highest BCUT2D eigenvalue weighted by molar-refractivity contribution is 6.31. The number of anilines is 1. The van der Waals surface area contributed by atoms with Crippen LogP contribution in [-0.4, -0.2) is 37.6 Å². The van der Waals surface area contributed by atoms with Crippen LogP contribution in [0.2, 0.25) is 5.02 Å². The average Bonchev–Trinajstić information content (AvgIpc) is 2.60. The highest BCUT2D eigenvalue weighted by atomic mass is 35.5. The third kappa shape index (κ3) is 3.89. The molecule has 0 fully saturated rings. The average molecular weight is 368 g/mol. The third-order valence-electron chi connectivity index (χ3n) is 3.57. The Balaban J connectivity index is 2.65. The molecule has 25 heavy (non-hydrogen) atoms. The van der Waals surface area contributed by atoms with Crippen molar-refractivity contribution in [2.45, 2.75) is 6.10 Å². The lowest BCUT2D eigenvalue weighted by molar-refractivity contribution is 0.208. The Morgan fingerprint density at radius 2 is 1.76 bits per heavy atom. The minimum Gasteiger partial charge on any atom is -0.495 e. The summed E-state index contributed by atoms with van der Waals surface area (Å²) in [5.74, 6) is 0.948. The number of amides is 1. The number of rotatable bonds is 6. The molecule has 0 aromatic heterocycles. The number of hydrogen-bond donors (Lipinski definition) is 3. The summed E-state index contributed by atoms with van der Waals surface area (Å²) in [5, 5.41) is 22.5. The lowest BCUT2D eigenvalue weighted by Crippen LogP contribution is -2.13. The number of methoxy groups -OCH3 is 3. The fourth-order valence-electron chi connectivity index (χ4n) is 2.51. The standard InChI is InChI=1S/C17H18ClNO6/c1-23-12-6-4-5-10(16(12)25-3)15(20)11-7-9(18)8-13(24-2)14(11)19-17(21)22/h4-8,15,19-20H,1-3H3,(H,21,22). The second-order valence-corrected chi connectivity index (χ2v) is 5.42. The summed E-state index contributed by atoms with van der Waals surface area (Å²) in [4.78, 5) is 11.1. The molecular weight excluding hydrogens is 350 g/mol.